The van der Waals surface area contributed by atoms with Crippen LogP contribution < -0.4 is 0 Å². The summed E-state index contributed by atoms with van der Waals surface area (Å²) in [5, 5.41) is 1.96. The monoisotopic (exact) mass is 206 g/mol. The SMILES string of the molecule is C=CC(=O)SCC1CSCS1. The van der Waals surface area contributed by atoms with Gasteiger partial charge in [-0.1, -0.05) is 18.3 Å². The lowest BCUT2D eigenvalue weighted by atomic mass is 10.5. The third kappa shape index (κ3) is 3.58. The fourth-order valence-corrected chi connectivity index (χ4v) is 4.62. The predicted molar refractivity (Wildman–Crippen MR) is 56.4 cm³/mol. The molecule has 1 rings (SSSR count). The molecular formula is C7H10OS3. The molecule has 0 amide bonds. The van der Waals surface area contributed by atoms with Crippen LogP contribution in [-0.4, -0.2) is 27.0 Å². The van der Waals surface area contributed by atoms with Crippen LogP contribution >= 0.6 is 35.3 Å². The molecule has 1 aliphatic rings. The predicted octanol–water partition coefficient (Wildman–Crippen LogP) is 2.24. The van der Waals surface area contributed by atoms with Crippen molar-refractivity contribution in [2.45, 2.75) is 5.25 Å². The Morgan fingerprint density at radius 1 is 1.82 bits per heavy atom. The van der Waals surface area contributed by atoms with Gasteiger partial charge in [-0.25, -0.2) is 0 Å². The summed E-state index contributed by atoms with van der Waals surface area (Å²) in [7, 11) is 0. The normalized spacial score (nSPS) is 23.5. The average Bonchev–Trinajstić information content (AvgIpc) is 2.52. The van der Waals surface area contributed by atoms with E-state index in [1.807, 2.05) is 23.5 Å². The van der Waals surface area contributed by atoms with E-state index in [4.69, 9.17) is 0 Å². The molecule has 0 saturated carbocycles. The van der Waals surface area contributed by atoms with Gasteiger partial charge in [-0.2, -0.15) is 0 Å². The van der Waals surface area contributed by atoms with Gasteiger partial charge >= 0.3 is 0 Å². The molecule has 4 heteroatoms. The molecule has 1 saturated heterocycles. The molecule has 0 aromatic carbocycles. The third-order valence-corrected chi connectivity index (χ3v) is 5.36. The largest absolute Gasteiger partial charge is 0.282 e. The Morgan fingerprint density at radius 3 is 3.18 bits per heavy atom. The zero-order valence-corrected chi connectivity index (χ0v) is 8.57. The van der Waals surface area contributed by atoms with Crippen LogP contribution in [0.25, 0.3) is 0 Å². The van der Waals surface area contributed by atoms with Crippen molar-refractivity contribution in [2.24, 2.45) is 0 Å². The van der Waals surface area contributed by atoms with Crippen LogP contribution in [-0.2, 0) is 4.79 Å². The molecule has 1 heterocycles. The molecule has 0 spiro atoms. The Kier molecular flexibility index (Phi) is 4.48. The summed E-state index contributed by atoms with van der Waals surface area (Å²) in [6, 6.07) is 0. The second kappa shape index (κ2) is 5.17. The molecule has 0 aromatic rings. The molecule has 1 unspecified atom stereocenters. The first kappa shape index (κ1) is 9.55. The van der Waals surface area contributed by atoms with Crippen molar-refractivity contribution in [2.75, 3.05) is 16.6 Å². The van der Waals surface area contributed by atoms with E-state index in [9.17, 15) is 4.79 Å². The van der Waals surface area contributed by atoms with Crippen molar-refractivity contribution >= 4 is 40.4 Å². The van der Waals surface area contributed by atoms with E-state index in [-0.39, 0.29) is 5.12 Å². The smallest absolute Gasteiger partial charge is 0.211 e. The second-order valence-electron chi connectivity index (χ2n) is 2.11. The molecular weight excluding hydrogens is 196 g/mol. The van der Waals surface area contributed by atoms with Crippen molar-refractivity contribution in [1.29, 1.82) is 0 Å². The summed E-state index contributed by atoms with van der Waals surface area (Å²) in [4.78, 5) is 10.8. The van der Waals surface area contributed by atoms with E-state index in [1.165, 1.54) is 28.7 Å². The van der Waals surface area contributed by atoms with E-state index >= 15 is 0 Å². The molecule has 1 nitrogen and oxygen atoms in total. The van der Waals surface area contributed by atoms with E-state index < -0.39 is 0 Å². The summed E-state index contributed by atoms with van der Waals surface area (Å²) in [6.45, 7) is 3.42. The van der Waals surface area contributed by atoms with Crippen LogP contribution in [0.4, 0.5) is 0 Å². The first-order valence-electron chi connectivity index (χ1n) is 3.31. The number of carbonyl (C=O) groups excluding carboxylic acids is 1. The van der Waals surface area contributed by atoms with Crippen molar-refractivity contribution < 1.29 is 4.79 Å². The minimum atomic E-state index is 0.0995. The molecule has 0 N–H and O–H groups in total. The minimum Gasteiger partial charge on any atom is -0.282 e. The Morgan fingerprint density at radius 2 is 2.64 bits per heavy atom. The van der Waals surface area contributed by atoms with Crippen molar-refractivity contribution in [3.8, 4) is 0 Å². The first-order valence-corrected chi connectivity index (χ1v) is 6.50. The van der Waals surface area contributed by atoms with Crippen LogP contribution in [0.2, 0.25) is 0 Å². The number of hydrogen-bond donors (Lipinski definition) is 0. The summed E-state index contributed by atoms with van der Waals surface area (Å²) in [5.41, 5.74) is 0. The quantitative estimate of drug-likeness (QED) is 0.658. The lowest BCUT2D eigenvalue weighted by Gasteiger charge is -2.03. The molecule has 0 radical (unpaired) electrons. The van der Waals surface area contributed by atoms with Crippen molar-refractivity contribution in [3.05, 3.63) is 12.7 Å². The van der Waals surface area contributed by atoms with Gasteiger partial charge in [-0.05, 0) is 6.08 Å². The highest BCUT2D eigenvalue weighted by Gasteiger charge is 2.16. The highest BCUT2D eigenvalue weighted by atomic mass is 32.2. The second-order valence-corrected chi connectivity index (χ2v) is 5.82. The lowest BCUT2D eigenvalue weighted by Crippen LogP contribution is -2.05. The van der Waals surface area contributed by atoms with Crippen LogP contribution in [0.15, 0.2) is 12.7 Å². The Balaban J connectivity index is 2.10. The van der Waals surface area contributed by atoms with E-state index in [2.05, 4.69) is 6.58 Å². The van der Waals surface area contributed by atoms with Gasteiger partial charge in [0.1, 0.15) is 0 Å². The minimum absolute atomic E-state index is 0.0995. The van der Waals surface area contributed by atoms with Gasteiger partial charge in [0, 0.05) is 21.8 Å². The van der Waals surface area contributed by atoms with Gasteiger partial charge in [-0.3, -0.25) is 4.79 Å². The first-order chi connectivity index (χ1) is 5.33. The summed E-state index contributed by atoms with van der Waals surface area (Å²) >= 11 is 5.29. The van der Waals surface area contributed by atoms with Gasteiger partial charge in [0.05, 0.1) is 0 Å². The molecule has 0 aromatic heterocycles. The number of thioether (sulfide) groups is 3. The molecule has 11 heavy (non-hydrogen) atoms. The Labute approximate surface area is 79.8 Å². The fraction of sp³-hybridized carbons (Fsp3) is 0.571. The molecule has 1 atom stereocenters. The van der Waals surface area contributed by atoms with Crippen molar-refractivity contribution in [1.82, 2.24) is 0 Å². The highest BCUT2D eigenvalue weighted by Crippen LogP contribution is 2.31. The average molecular weight is 206 g/mol. The molecule has 62 valence electrons. The molecule has 0 bridgehead atoms. The van der Waals surface area contributed by atoms with Gasteiger partial charge in [0.2, 0.25) is 5.12 Å². The van der Waals surface area contributed by atoms with Crippen molar-refractivity contribution in [3.63, 3.8) is 0 Å². The van der Waals surface area contributed by atoms with Crippen LogP contribution in [0.1, 0.15) is 0 Å². The zero-order chi connectivity index (χ0) is 8.10. The van der Waals surface area contributed by atoms with Crippen LogP contribution in [0, 0.1) is 0 Å². The molecule has 1 aliphatic heterocycles. The summed E-state index contributed by atoms with van der Waals surface area (Å²) in [5.74, 6) is 2.14. The molecule has 1 fully saturated rings. The Hall–Kier alpha value is 0.460. The topological polar surface area (TPSA) is 17.1 Å². The Bertz CT molecular complexity index is 152. The van der Waals surface area contributed by atoms with E-state index in [0.717, 1.165) is 5.75 Å². The number of hydrogen-bond acceptors (Lipinski definition) is 4. The van der Waals surface area contributed by atoms with Gasteiger partial charge in [0.25, 0.3) is 0 Å². The fourth-order valence-electron chi connectivity index (χ4n) is 0.702. The number of rotatable bonds is 3. The number of carbonyl (C=O) groups is 1. The highest BCUT2D eigenvalue weighted by molar-refractivity contribution is 8.20. The maximum Gasteiger partial charge on any atom is 0.211 e. The van der Waals surface area contributed by atoms with Crippen LogP contribution in [0.3, 0.4) is 0 Å². The summed E-state index contributed by atoms with van der Waals surface area (Å²) < 4.78 is 0. The molecule has 0 aliphatic carbocycles. The maximum absolute atomic E-state index is 10.8. The van der Waals surface area contributed by atoms with Gasteiger partial charge in [-0.15, -0.1) is 23.5 Å². The van der Waals surface area contributed by atoms with Gasteiger partial charge < -0.3 is 0 Å². The van der Waals surface area contributed by atoms with Gasteiger partial charge in [0.15, 0.2) is 0 Å². The third-order valence-electron chi connectivity index (χ3n) is 1.27. The van der Waals surface area contributed by atoms with E-state index in [0.29, 0.717) is 5.25 Å². The van der Waals surface area contributed by atoms with Crippen LogP contribution in [0.5, 0.6) is 0 Å². The maximum atomic E-state index is 10.8. The zero-order valence-electron chi connectivity index (χ0n) is 6.12. The standard InChI is InChI=1S/C7H10OS3/c1-2-7(8)10-4-6-3-9-5-11-6/h2,6H,1,3-5H2. The summed E-state index contributed by atoms with van der Waals surface area (Å²) in [6.07, 6.45) is 1.39. The lowest BCUT2D eigenvalue weighted by molar-refractivity contribution is -0.107. The van der Waals surface area contributed by atoms with E-state index in [1.54, 1.807) is 0 Å².